The molecule has 0 aliphatic heterocycles. The molecule has 13 heavy (non-hydrogen) atoms. The molecule has 0 radical (unpaired) electrons. The Morgan fingerprint density at radius 2 is 2.31 bits per heavy atom. The van der Waals surface area contributed by atoms with Crippen LogP contribution in [0.2, 0.25) is 0 Å². The second-order valence-electron chi connectivity index (χ2n) is 2.64. The number of esters is 1. The second-order valence-corrected chi connectivity index (χ2v) is 2.64. The van der Waals surface area contributed by atoms with E-state index in [9.17, 15) is 9.59 Å². The Hall–Kier alpha value is -1.58. The second kappa shape index (κ2) is 3.89. The highest BCUT2D eigenvalue weighted by Gasteiger charge is 2.01. The van der Waals surface area contributed by atoms with Crippen molar-refractivity contribution in [3.8, 4) is 5.75 Å². The molecule has 70 valence electrons. The summed E-state index contributed by atoms with van der Waals surface area (Å²) in [5.74, 6) is -0.0387. The lowest BCUT2D eigenvalue weighted by Gasteiger charge is -2.02. The molecule has 4 nitrogen and oxygen atoms in total. The Morgan fingerprint density at radius 3 is 2.85 bits per heavy atom. The van der Waals surface area contributed by atoms with Crippen LogP contribution in [0.4, 0.5) is 0 Å². The molecule has 0 fully saturated rings. The molecular weight excluding hydrogens is 170 g/mol. The zero-order valence-corrected chi connectivity index (χ0v) is 7.61. The van der Waals surface area contributed by atoms with Crippen molar-refractivity contribution in [3.05, 3.63) is 28.7 Å². The van der Waals surface area contributed by atoms with Gasteiger partial charge in [0.2, 0.25) is 0 Å². The van der Waals surface area contributed by atoms with Crippen LogP contribution in [0, 0.1) is 0 Å². The summed E-state index contributed by atoms with van der Waals surface area (Å²) in [6, 6.07) is 2.86. The summed E-state index contributed by atoms with van der Waals surface area (Å²) in [5, 5.41) is 0. The average Bonchev–Trinajstić information content (AvgIpc) is 2.11. The average molecular weight is 181 g/mol. The summed E-state index contributed by atoms with van der Waals surface area (Å²) in [4.78, 5) is 21.9. The molecular formula is C9H11NO3. The van der Waals surface area contributed by atoms with Gasteiger partial charge in [-0.3, -0.25) is 9.59 Å². The van der Waals surface area contributed by atoms with Crippen molar-refractivity contribution >= 4 is 5.97 Å². The van der Waals surface area contributed by atoms with Crippen LogP contribution in [0.15, 0.2) is 23.1 Å². The van der Waals surface area contributed by atoms with Gasteiger partial charge in [-0.05, 0) is 6.07 Å². The van der Waals surface area contributed by atoms with Crippen molar-refractivity contribution in [2.75, 3.05) is 0 Å². The number of rotatable bonds is 2. The molecule has 0 saturated heterocycles. The van der Waals surface area contributed by atoms with Gasteiger partial charge in [0.25, 0.3) is 5.56 Å². The highest BCUT2D eigenvalue weighted by molar-refractivity contribution is 5.71. The molecule has 0 amide bonds. The number of carbonyl (C=O) groups excluding carboxylic acids is 1. The summed E-state index contributed by atoms with van der Waals surface area (Å²) < 4.78 is 6.25. The fraction of sp³-hybridized carbons (Fsp3) is 0.333. The number of carbonyl (C=O) groups is 1. The molecule has 0 saturated carbocycles. The van der Waals surface area contributed by atoms with Crippen LogP contribution in [0.25, 0.3) is 0 Å². The van der Waals surface area contributed by atoms with Gasteiger partial charge < -0.3 is 9.30 Å². The molecule has 0 atom stereocenters. The van der Waals surface area contributed by atoms with Gasteiger partial charge in [0.15, 0.2) is 0 Å². The first kappa shape index (κ1) is 9.51. The molecule has 1 aromatic heterocycles. The number of hydrogen-bond donors (Lipinski definition) is 0. The maximum Gasteiger partial charge on any atom is 0.310 e. The van der Waals surface area contributed by atoms with E-state index in [0.29, 0.717) is 12.2 Å². The van der Waals surface area contributed by atoms with E-state index < -0.39 is 0 Å². The SMILES string of the molecule is CCC(=O)Oc1ccn(C)c(=O)c1. The Bertz CT molecular complexity index is 367. The van der Waals surface area contributed by atoms with Gasteiger partial charge in [0, 0.05) is 25.7 Å². The molecule has 0 unspecified atom stereocenters. The van der Waals surface area contributed by atoms with Gasteiger partial charge in [-0.1, -0.05) is 6.92 Å². The smallest absolute Gasteiger partial charge is 0.310 e. The molecule has 1 heterocycles. The van der Waals surface area contributed by atoms with Gasteiger partial charge in [0.1, 0.15) is 5.75 Å². The van der Waals surface area contributed by atoms with Crippen LogP contribution in [-0.4, -0.2) is 10.5 Å². The Labute approximate surface area is 75.8 Å². The van der Waals surface area contributed by atoms with Gasteiger partial charge in [-0.25, -0.2) is 0 Å². The van der Waals surface area contributed by atoms with E-state index in [1.54, 1.807) is 26.2 Å². The Morgan fingerprint density at radius 1 is 1.62 bits per heavy atom. The third kappa shape index (κ3) is 2.43. The highest BCUT2D eigenvalue weighted by atomic mass is 16.5. The Balaban J connectivity index is 2.86. The summed E-state index contributed by atoms with van der Waals surface area (Å²) in [7, 11) is 1.63. The minimum atomic E-state index is -0.340. The third-order valence-electron chi connectivity index (χ3n) is 1.60. The van der Waals surface area contributed by atoms with Gasteiger partial charge >= 0.3 is 5.97 Å². The molecule has 0 spiro atoms. The van der Waals surface area contributed by atoms with E-state index in [2.05, 4.69) is 0 Å². The monoisotopic (exact) mass is 181 g/mol. The standard InChI is InChI=1S/C9H11NO3/c1-3-9(12)13-7-4-5-10(2)8(11)6-7/h4-6H,3H2,1-2H3. The van der Waals surface area contributed by atoms with Crippen LogP contribution >= 0.6 is 0 Å². The van der Waals surface area contributed by atoms with Crippen molar-refractivity contribution in [2.45, 2.75) is 13.3 Å². The van der Waals surface area contributed by atoms with Crippen molar-refractivity contribution < 1.29 is 9.53 Å². The van der Waals surface area contributed by atoms with E-state index in [-0.39, 0.29) is 11.5 Å². The zero-order valence-electron chi connectivity index (χ0n) is 7.61. The van der Waals surface area contributed by atoms with Gasteiger partial charge in [-0.15, -0.1) is 0 Å². The number of ether oxygens (including phenoxy) is 1. The van der Waals surface area contributed by atoms with E-state index >= 15 is 0 Å². The molecule has 0 aromatic carbocycles. The van der Waals surface area contributed by atoms with Crippen LogP contribution in [0.5, 0.6) is 5.75 Å². The molecule has 0 bridgehead atoms. The minimum absolute atomic E-state index is 0.193. The van der Waals surface area contributed by atoms with Crippen molar-refractivity contribution in [1.29, 1.82) is 0 Å². The summed E-state index contributed by atoms with van der Waals surface area (Å²) in [5.41, 5.74) is -0.193. The van der Waals surface area contributed by atoms with Crippen LogP contribution in [0.3, 0.4) is 0 Å². The number of pyridine rings is 1. The van der Waals surface area contributed by atoms with Crippen LogP contribution in [0.1, 0.15) is 13.3 Å². The minimum Gasteiger partial charge on any atom is -0.426 e. The van der Waals surface area contributed by atoms with E-state index in [4.69, 9.17) is 4.74 Å². The molecule has 0 N–H and O–H groups in total. The lowest BCUT2D eigenvalue weighted by atomic mass is 10.4. The maximum atomic E-state index is 11.1. The fourth-order valence-corrected chi connectivity index (χ4v) is 0.797. The summed E-state index contributed by atoms with van der Waals surface area (Å²) >= 11 is 0. The molecule has 4 heteroatoms. The topological polar surface area (TPSA) is 48.3 Å². The van der Waals surface area contributed by atoms with Gasteiger partial charge in [0.05, 0.1) is 0 Å². The molecule has 1 aromatic rings. The van der Waals surface area contributed by atoms with Crippen LogP contribution in [-0.2, 0) is 11.8 Å². The van der Waals surface area contributed by atoms with Crippen molar-refractivity contribution in [1.82, 2.24) is 4.57 Å². The normalized spacial score (nSPS) is 9.69. The maximum absolute atomic E-state index is 11.1. The van der Waals surface area contributed by atoms with Crippen molar-refractivity contribution in [2.24, 2.45) is 7.05 Å². The number of aryl methyl sites for hydroxylation is 1. The molecule has 1 rings (SSSR count). The molecule has 0 aliphatic rings. The quantitative estimate of drug-likeness (QED) is 0.631. The predicted octanol–water partition coefficient (Wildman–Crippen LogP) is 0.701. The van der Waals surface area contributed by atoms with Crippen LogP contribution < -0.4 is 10.3 Å². The van der Waals surface area contributed by atoms with Gasteiger partial charge in [-0.2, -0.15) is 0 Å². The number of hydrogen-bond acceptors (Lipinski definition) is 3. The Kier molecular flexibility index (Phi) is 2.84. The van der Waals surface area contributed by atoms with E-state index in [1.165, 1.54) is 10.6 Å². The fourth-order valence-electron chi connectivity index (χ4n) is 0.797. The predicted molar refractivity (Wildman–Crippen MR) is 47.6 cm³/mol. The number of nitrogens with zero attached hydrogens (tertiary/aromatic N) is 1. The van der Waals surface area contributed by atoms with E-state index in [0.717, 1.165) is 0 Å². The number of aromatic nitrogens is 1. The largest absolute Gasteiger partial charge is 0.426 e. The third-order valence-corrected chi connectivity index (χ3v) is 1.60. The highest BCUT2D eigenvalue weighted by Crippen LogP contribution is 2.05. The first-order valence-electron chi connectivity index (χ1n) is 4.01. The zero-order chi connectivity index (χ0) is 9.84. The summed E-state index contributed by atoms with van der Waals surface area (Å²) in [6.07, 6.45) is 1.86. The summed E-state index contributed by atoms with van der Waals surface area (Å²) in [6.45, 7) is 1.70. The first-order chi connectivity index (χ1) is 6.13. The lowest BCUT2D eigenvalue weighted by molar-refractivity contribution is -0.134. The van der Waals surface area contributed by atoms with E-state index in [1.807, 2.05) is 0 Å². The first-order valence-corrected chi connectivity index (χ1v) is 4.01. The lowest BCUT2D eigenvalue weighted by Crippen LogP contribution is -2.15. The van der Waals surface area contributed by atoms with Crippen molar-refractivity contribution in [3.63, 3.8) is 0 Å². The molecule has 0 aliphatic carbocycles.